The molecule has 0 saturated heterocycles. The summed E-state index contributed by atoms with van der Waals surface area (Å²) in [5.74, 6) is -0.811. The first-order valence-electron chi connectivity index (χ1n) is 7.20. The molecule has 6 nitrogen and oxygen atoms in total. The normalized spacial score (nSPS) is 11.4. The van der Waals surface area contributed by atoms with E-state index < -0.39 is 5.97 Å². The zero-order valence-corrected chi connectivity index (χ0v) is 13.2. The van der Waals surface area contributed by atoms with E-state index in [0.717, 1.165) is 23.4 Å². The molecule has 21 heavy (non-hydrogen) atoms. The van der Waals surface area contributed by atoms with Gasteiger partial charge in [-0.05, 0) is 32.1 Å². The van der Waals surface area contributed by atoms with Gasteiger partial charge in [0, 0.05) is 24.2 Å². The molecule has 0 fully saturated rings. The number of aromatic amines is 1. The van der Waals surface area contributed by atoms with Crippen LogP contribution in [0.25, 0.3) is 0 Å². The highest BCUT2D eigenvalue weighted by Gasteiger charge is 2.19. The molecule has 0 unspecified atom stereocenters. The van der Waals surface area contributed by atoms with E-state index in [0.29, 0.717) is 19.4 Å². The number of carboxylic acid groups (broad SMARTS) is 1. The van der Waals surface area contributed by atoms with Gasteiger partial charge in [0.05, 0.1) is 12.1 Å². The van der Waals surface area contributed by atoms with Gasteiger partial charge in [-0.15, -0.1) is 0 Å². The zero-order chi connectivity index (χ0) is 16.0. The van der Waals surface area contributed by atoms with Crippen molar-refractivity contribution in [3.05, 3.63) is 17.0 Å². The van der Waals surface area contributed by atoms with Gasteiger partial charge in [-0.2, -0.15) is 5.10 Å². The van der Waals surface area contributed by atoms with E-state index in [1.54, 1.807) is 0 Å². The molecule has 1 rings (SSSR count). The van der Waals surface area contributed by atoms with Gasteiger partial charge in [0.15, 0.2) is 0 Å². The lowest BCUT2D eigenvalue weighted by molar-refractivity contribution is -0.137. The van der Waals surface area contributed by atoms with Crippen LogP contribution >= 0.6 is 0 Å². The molecule has 0 saturated carbocycles. The topological polar surface area (TPSA) is 95.1 Å². The predicted molar refractivity (Wildman–Crippen MR) is 80.0 cm³/mol. The molecule has 0 aliphatic heterocycles. The van der Waals surface area contributed by atoms with E-state index in [1.165, 1.54) is 0 Å². The Hall–Kier alpha value is -1.85. The number of hydrogen-bond donors (Lipinski definition) is 3. The maximum atomic E-state index is 11.9. The fraction of sp³-hybridized carbons (Fsp3) is 0.667. The van der Waals surface area contributed by atoms with E-state index in [-0.39, 0.29) is 17.7 Å². The molecule has 0 spiro atoms. The lowest BCUT2D eigenvalue weighted by Crippen LogP contribution is -2.29. The summed E-state index contributed by atoms with van der Waals surface area (Å²) in [6, 6.07) is 0. The summed E-state index contributed by atoms with van der Waals surface area (Å²) < 4.78 is 0. The minimum atomic E-state index is -0.780. The summed E-state index contributed by atoms with van der Waals surface area (Å²) >= 11 is 0. The zero-order valence-electron chi connectivity index (χ0n) is 13.2. The number of nitrogens with one attached hydrogen (secondary N) is 2. The highest BCUT2D eigenvalue weighted by Crippen LogP contribution is 2.26. The third-order valence-corrected chi connectivity index (χ3v) is 3.76. The fourth-order valence-corrected chi connectivity index (χ4v) is 2.17. The van der Waals surface area contributed by atoms with Crippen molar-refractivity contribution in [1.29, 1.82) is 0 Å². The molecule has 0 radical (unpaired) electrons. The number of aliphatic carboxylic acids is 1. The molecule has 1 aromatic heterocycles. The highest BCUT2D eigenvalue weighted by atomic mass is 16.4. The summed E-state index contributed by atoms with van der Waals surface area (Å²) in [5, 5.41) is 18.5. The van der Waals surface area contributed by atoms with Gasteiger partial charge in [0.2, 0.25) is 5.91 Å². The maximum Gasteiger partial charge on any atom is 0.303 e. The van der Waals surface area contributed by atoms with E-state index in [9.17, 15) is 9.59 Å². The molecule has 1 aromatic rings. The quantitative estimate of drug-likeness (QED) is 0.683. The number of nitrogens with zero attached hydrogens (tertiary/aromatic N) is 1. The van der Waals surface area contributed by atoms with Crippen molar-refractivity contribution in [3.8, 4) is 0 Å². The van der Waals surface area contributed by atoms with Crippen LogP contribution in [0.2, 0.25) is 0 Å². The molecule has 3 N–H and O–H groups in total. The molecule has 0 aliphatic carbocycles. The minimum Gasteiger partial charge on any atom is -0.481 e. The number of H-pyrrole nitrogens is 1. The monoisotopic (exact) mass is 295 g/mol. The van der Waals surface area contributed by atoms with Crippen LogP contribution in [0.15, 0.2) is 0 Å². The molecule has 0 aromatic carbocycles. The molecule has 1 heterocycles. The Morgan fingerprint density at radius 3 is 2.48 bits per heavy atom. The Bertz CT molecular complexity index is 487. The van der Waals surface area contributed by atoms with Crippen LogP contribution in [-0.2, 0) is 16.0 Å². The van der Waals surface area contributed by atoms with Crippen LogP contribution in [-0.4, -0.2) is 33.7 Å². The predicted octanol–water partition coefficient (Wildman–Crippen LogP) is 1.97. The van der Waals surface area contributed by atoms with Gasteiger partial charge in [0.25, 0.3) is 0 Å². The van der Waals surface area contributed by atoms with Crippen LogP contribution in [0.5, 0.6) is 0 Å². The largest absolute Gasteiger partial charge is 0.481 e. The Kier molecular flexibility index (Phi) is 5.93. The first-order chi connectivity index (χ1) is 9.71. The molecule has 118 valence electrons. The second-order valence-electron chi connectivity index (χ2n) is 6.25. The van der Waals surface area contributed by atoms with Gasteiger partial charge < -0.3 is 10.4 Å². The molecular weight excluding hydrogens is 270 g/mol. The van der Waals surface area contributed by atoms with Gasteiger partial charge >= 0.3 is 5.97 Å². The van der Waals surface area contributed by atoms with Gasteiger partial charge in [0.1, 0.15) is 0 Å². The SMILES string of the molecule is Cc1n[nH]c(C)c1CC(=O)NCCC(C)(C)CCC(=O)O. The number of aromatic nitrogens is 2. The van der Waals surface area contributed by atoms with Crippen LogP contribution in [0.4, 0.5) is 0 Å². The van der Waals surface area contributed by atoms with Crippen molar-refractivity contribution in [2.45, 2.75) is 53.4 Å². The minimum absolute atomic E-state index is 0.0309. The van der Waals surface area contributed by atoms with Crippen molar-refractivity contribution in [1.82, 2.24) is 15.5 Å². The highest BCUT2D eigenvalue weighted by molar-refractivity contribution is 5.79. The second-order valence-corrected chi connectivity index (χ2v) is 6.25. The molecule has 1 amide bonds. The first kappa shape index (κ1) is 17.2. The molecule has 0 bridgehead atoms. The second kappa shape index (κ2) is 7.24. The number of aryl methyl sites for hydroxylation is 2. The molecular formula is C15H25N3O3. The lowest BCUT2D eigenvalue weighted by Gasteiger charge is -2.23. The Morgan fingerprint density at radius 2 is 1.95 bits per heavy atom. The number of hydrogen-bond acceptors (Lipinski definition) is 3. The fourth-order valence-electron chi connectivity index (χ4n) is 2.17. The molecule has 6 heteroatoms. The van der Waals surface area contributed by atoms with Crippen LogP contribution in [0.3, 0.4) is 0 Å². The van der Waals surface area contributed by atoms with Crippen LogP contribution in [0.1, 0.15) is 50.1 Å². The smallest absolute Gasteiger partial charge is 0.303 e. The Morgan fingerprint density at radius 1 is 1.29 bits per heavy atom. The van der Waals surface area contributed by atoms with Gasteiger partial charge in [-0.25, -0.2) is 0 Å². The number of carbonyl (C=O) groups excluding carboxylic acids is 1. The summed E-state index contributed by atoms with van der Waals surface area (Å²) in [6.07, 6.45) is 1.85. The number of rotatable bonds is 8. The summed E-state index contributed by atoms with van der Waals surface area (Å²) in [4.78, 5) is 22.5. The third kappa shape index (κ3) is 5.97. The van der Waals surface area contributed by atoms with E-state index in [1.807, 2.05) is 27.7 Å². The van der Waals surface area contributed by atoms with E-state index in [4.69, 9.17) is 5.11 Å². The molecule has 0 aliphatic rings. The Labute approximate surface area is 125 Å². The maximum absolute atomic E-state index is 11.9. The number of amides is 1. The van der Waals surface area contributed by atoms with Gasteiger partial charge in [-0.1, -0.05) is 13.8 Å². The summed E-state index contributed by atoms with van der Waals surface area (Å²) in [5.41, 5.74) is 2.62. The number of carboxylic acids is 1. The summed E-state index contributed by atoms with van der Waals surface area (Å²) in [6.45, 7) is 8.37. The van der Waals surface area contributed by atoms with Crippen LogP contribution in [0, 0.1) is 19.3 Å². The van der Waals surface area contributed by atoms with E-state index in [2.05, 4.69) is 15.5 Å². The average molecular weight is 295 g/mol. The lowest BCUT2D eigenvalue weighted by atomic mass is 9.84. The van der Waals surface area contributed by atoms with Crippen LogP contribution < -0.4 is 5.32 Å². The van der Waals surface area contributed by atoms with Crippen molar-refractivity contribution in [2.75, 3.05) is 6.54 Å². The first-order valence-corrected chi connectivity index (χ1v) is 7.20. The van der Waals surface area contributed by atoms with Crippen molar-refractivity contribution < 1.29 is 14.7 Å². The number of carbonyl (C=O) groups is 2. The molecule has 0 atom stereocenters. The third-order valence-electron chi connectivity index (χ3n) is 3.76. The van der Waals surface area contributed by atoms with Crippen molar-refractivity contribution >= 4 is 11.9 Å². The van der Waals surface area contributed by atoms with Crippen molar-refractivity contribution in [2.24, 2.45) is 5.41 Å². The van der Waals surface area contributed by atoms with Gasteiger partial charge in [-0.3, -0.25) is 14.7 Å². The Balaban J connectivity index is 2.35. The average Bonchev–Trinajstić information content (AvgIpc) is 2.68. The van der Waals surface area contributed by atoms with E-state index >= 15 is 0 Å². The van der Waals surface area contributed by atoms with Crippen molar-refractivity contribution in [3.63, 3.8) is 0 Å². The summed E-state index contributed by atoms with van der Waals surface area (Å²) in [7, 11) is 0. The standard InChI is InChI=1S/C15H25N3O3/c1-10-12(11(2)18-17-10)9-13(19)16-8-7-15(3,4)6-5-14(20)21/h5-9H2,1-4H3,(H,16,19)(H,17,18)(H,20,21).